The summed E-state index contributed by atoms with van der Waals surface area (Å²) < 4.78 is 1.48. The quantitative estimate of drug-likeness (QED) is 0.355. The summed E-state index contributed by atoms with van der Waals surface area (Å²) in [5.41, 5.74) is 1.10. The van der Waals surface area contributed by atoms with Crippen LogP contribution in [-0.2, 0) is 11.8 Å². The van der Waals surface area contributed by atoms with E-state index in [1.165, 1.54) is 22.8 Å². The van der Waals surface area contributed by atoms with Gasteiger partial charge in [-0.1, -0.05) is 12.1 Å². The van der Waals surface area contributed by atoms with Crippen LogP contribution in [0.2, 0.25) is 0 Å². The molecule has 0 saturated heterocycles. The number of benzene rings is 2. The fourth-order valence-corrected chi connectivity index (χ4v) is 3.34. The number of fused-ring (bicyclic) bond motifs is 1. The molecule has 0 N–H and O–H groups in total. The summed E-state index contributed by atoms with van der Waals surface area (Å²) >= 11 is 0. The zero-order valence-corrected chi connectivity index (χ0v) is 17.0. The zero-order chi connectivity index (χ0) is 21.8. The van der Waals surface area contributed by atoms with Crippen LogP contribution >= 0.6 is 0 Å². The van der Waals surface area contributed by atoms with Crippen LogP contribution in [0.25, 0.3) is 17.0 Å². The summed E-state index contributed by atoms with van der Waals surface area (Å²) in [5, 5.41) is 11.3. The molecule has 0 aliphatic heterocycles. The van der Waals surface area contributed by atoms with Crippen LogP contribution < -0.4 is 5.56 Å². The number of hydrogen-bond acceptors (Lipinski definition) is 5. The standard InChI is InChI=1S/C22H22N4O4/c1-4-25(20(27)14-11-16-9-12-17(13-10-16)26(29)30)15(2)21-23-19-8-6-5-7-18(19)22(28)24(21)3/h5-15H,4H2,1-3H3/b14-11+. The monoisotopic (exact) mass is 406 g/mol. The average molecular weight is 406 g/mol. The highest BCUT2D eigenvalue weighted by Crippen LogP contribution is 2.20. The minimum absolute atomic E-state index is 0.00872. The van der Waals surface area contributed by atoms with Crippen molar-refractivity contribution in [2.75, 3.05) is 6.54 Å². The highest BCUT2D eigenvalue weighted by Gasteiger charge is 2.22. The van der Waals surface area contributed by atoms with Crippen molar-refractivity contribution in [2.24, 2.45) is 7.05 Å². The Morgan fingerprint density at radius 2 is 1.90 bits per heavy atom. The topological polar surface area (TPSA) is 98.3 Å². The smallest absolute Gasteiger partial charge is 0.269 e. The van der Waals surface area contributed by atoms with E-state index in [9.17, 15) is 19.7 Å². The van der Waals surface area contributed by atoms with Crippen molar-refractivity contribution in [3.8, 4) is 0 Å². The van der Waals surface area contributed by atoms with Crippen LogP contribution in [0.4, 0.5) is 5.69 Å². The van der Waals surface area contributed by atoms with Crippen LogP contribution in [0.3, 0.4) is 0 Å². The van der Waals surface area contributed by atoms with Gasteiger partial charge in [-0.15, -0.1) is 0 Å². The normalized spacial score (nSPS) is 12.2. The summed E-state index contributed by atoms with van der Waals surface area (Å²) in [6.07, 6.45) is 3.02. The van der Waals surface area contributed by atoms with Crippen molar-refractivity contribution in [1.29, 1.82) is 0 Å². The highest BCUT2D eigenvalue weighted by molar-refractivity contribution is 5.92. The number of carbonyl (C=O) groups is 1. The Kier molecular flexibility index (Phi) is 6.06. The van der Waals surface area contributed by atoms with Crippen molar-refractivity contribution in [1.82, 2.24) is 14.5 Å². The summed E-state index contributed by atoms with van der Waals surface area (Å²) in [6.45, 7) is 4.11. The Morgan fingerprint density at radius 3 is 2.53 bits per heavy atom. The second-order valence-corrected chi connectivity index (χ2v) is 6.83. The molecule has 0 aliphatic carbocycles. The number of nitrogens with zero attached hydrogens (tertiary/aromatic N) is 4. The van der Waals surface area contributed by atoms with E-state index in [1.807, 2.05) is 19.9 Å². The molecule has 154 valence electrons. The maximum atomic E-state index is 12.8. The molecule has 30 heavy (non-hydrogen) atoms. The van der Waals surface area contributed by atoms with Crippen LogP contribution in [0.5, 0.6) is 0 Å². The molecule has 1 aromatic heterocycles. The van der Waals surface area contributed by atoms with E-state index in [0.29, 0.717) is 28.8 Å². The third kappa shape index (κ3) is 4.12. The molecular weight excluding hydrogens is 384 g/mol. The average Bonchev–Trinajstić information content (AvgIpc) is 2.75. The minimum atomic E-state index is -0.472. The van der Waals surface area contributed by atoms with Crippen LogP contribution in [0.1, 0.15) is 31.3 Å². The molecule has 0 radical (unpaired) electrons. The number of rotatable bonds is 6. The maximum absolute atomic E-state index is 12.8. The molecule has 1 heterocycles. The van der Waals surface area contributed by atoms with E-state index in [0.717, 1.165) is 0 Å². The predicted molar refractivity (Wildman–Crippen MR) is 115 cm³/mol. The van der Waals surface area contributed by atoms with Gasteiger partial charge in [-0.2, -0.15) is 0 Å². The van der Waals surface area contributed by atoms with Gasteiger partial charge in [-0.05, 0) is 49.8 Å². The van der Waals surface area contributed by atoms with Gasteiger partial charge in [0.15, 0.2) is 0 Å². The molecule has 0 spiro atoms. The minimum Gasteiger partial charge on any atom is -0.330 e. The maximum Gasteiger partial charge on any atom is 0.269 e. The molecular formula is C22H22N4O4. The fraction of sp³-hybridized carbons (Fsp3) is 0.227. The van der Waals surface area contributed by atoms with Crippen molar-refractivity contribution in [3.05, 3.63) is 86.5 Å². The van der Waals surface area contributed by atoms with E-state index in [1.54, 1.807) is 48.4 Å². The van der Waals surface area contributed by atoms with Crippen molar-refractivity contribution >= 4 is 28.6 Å². The van der Waals surface area contributed by atoms with Gasteiger partial charge in [0, 0.05) is 31.8 Å². The predicted octanol–water partition coefficient (Wildman–Crippen LogP) is 3.46. The van der Waals surface area contributed by atoms with E-state index in [4.69, 9.17) is 0 Å². The molecule has 3 aromatic rings. The molecule has 3 rings (SSSR count). The van der Waals surface area contributed by atoms with Gasteiger partial charge >= 0.3 is 0 Å². The number of aromatic nitrogens is 2. The summed E-state index contributed by atoms with van der Waals surface area (Å²) in [6, 6.07) is 12.6. The number of amides is 1. The number of non-ortho nitro benzene ring substituents is 1. The SMILES string of the molecule is CCN(C(=O)/C=C/c1ccc([N+](=O)[O-])cc1)C(C)c1nc2ccccc2c(=O)n1C. The van der Waals surface area contributed by atoms with Gasteiger partial charge in [-0.3, -0.25) is 24.3 Å². The number of carbonyl (C=O) groups excluding carboxylic acids is 1. The van der Waals surface area contributed by atoms with Crippen LogP contribution in [-0.4, -0.2) is 31.8 Å². The zero-order valence-electron chi connectivity index (χ0n) is 17.0. The largest absolute Gasteiger partial charge is 0.330 e. The summed E-state index contributed by atoms with van der Waals surface area (Å²) in [5.74, 6) is 0.253. The van der Waals surface area contributed by atoms with Crippen LogP contribution in [0, 0.1) is 10.1 Å². The van der Waals surface area contributed by atoms with Crippen molar-refractivity contribution < 1.29 is 9.72 Å². The molecule has 0 saturated carbocycles. The second kappa shape index (κ2) is 8.69. The van der Waals surface area contributed by atoms with Gasteiger partial charge in [0.25, 0.3) is 11.2 Å². The van der Waals surface area contributed by atoms with E-state index >= 15 is 0 Å². The number of likely N-dealkylation sites (N-methyl/N-ethyl adjacent to an activating group) is 1. The first-order chi connectivity index (χ1) is 14.3. The fourth-order valence-electron chi connectivity index (χ4n) is 3.34. The number of nitro groups is 1. The second-order valence-electron chi connectivity index (χ2n) is 6.83. The molecule has 8 heteroatoms. The Hall–Kier alpha value is -3.81. The van der Waals surface area contributed by atoms with Gasteiger partial charge in [-0.25, -0.2) is 4.98 Å². The third-order valence-electron chi connectivity index (χ3n) is 5.00. The molecule has 2 aromatic carbocycles. The Bertz CT molecular complexity index is 1180. The molecule has 1 unspecified atom stereocenters. The number of nitro benzene ring substituents is 1. The lowest BCUT2D eigenvalue weighted by molar-refractivity contribution is -0.384. The first kappa shape index (κ1) is 20.9. The molecule has 0 aliphatic rings. The highest BCUT2D eigenvalue weighted by atomic mass is 16.6. The Morgan fingerprint density at radius 1 is 1.23 bits per heavy atom. The van der Waals surface area contributed by atoms with Crippen molar-refractivity contribution in [3.63, 3.8) is 0 Å². The van der Waals surface area contributed by atoms with Gasteiger partial charge in [0.2, 0.25) is 5.91 Å². The lowest BCUT2D eigenvalue weighted by Gasteiger charge is -2.27. The Labute approximate surface area is 173 Å². The first-order valence-electron chi connectivity index (χ1n) is 9.52. The Balaban J connectivity index is 1.87. The lowest BCUT2D eigenvalue weighted by atomic mass is 10.1. The van der Waals surface area contributed by atoms with Gasteiger partial charge in [0.1, 0.15) is 5.82 Å². The lowest BCUT2D eigenvalue weighted by Crippen LogP contribution is -2.36. The van der Waals surface area contributed by atoms with E-state index in [-0.39, 0.29) is 17.2 Å². The summed E-state index contributed by atoms with van der Waals surface area (Å²) in [7, 11) is 1.65. The van der Waals surface area contributed by atoms with Crippen molar-refractivity contribution in [2.45, 2.75) is 19.9 Å². The van der Waals surface area contributed by atoms with E-state index < -0.39 is 11.0 Å². The number of hydrogen-bond donors (Lipinski definition) is 0. The molecule has 1 atom stereocenters. The molecule has 1 amide bonds. The third-order valence-corrected chi connectivity index (χ3v) is 5.00. The molecule has 0 bridgehead atoms. The molecule has 0 fully saturated rings. The van der Waals surface area contributed by atoms with E-state index in [2.05, 4.69) is 4.98 Å². The first-order valence-corrected chi connectivity index (χ1v) is 9.52. The molecule has 8 nitrogen and oxygen atoms in total. The summed E-state index contributed by atoms with van der Waals surface area (Å²) in [4.78, 5) is 42.0. The van der Waals surface area contributed by atoms with Gasteiger partial charge in [0.05, 0.1) is 21.9 Å². The van der Waals surface area contributed by atoms with Gasteiger partial charge < -0.3 is 4.90 Å². The number of para-hydroxylation sites is 1. The van der Waals surface area contributed by atoms with Crippen LogP contribution in [0.15, 0.2) is 59.4 Å².